The lowest BCUT2D eigenvalue weighted by Crippen LogP contribution is -2.35. The van der Waals surface area contributed by atoms with Crippen molar-refractivity contribution >= 4 is 51.2 Å². The van der Waals surface area contributed by atoms with Gasteiger partial charge in [-0.1, -0.05) is 11.6 Å². The second kappa shape index (κ2) is 7.52. The summed E-state index contributed by atoms with van der Waals surface area (Å²) in [5.41, 5.74) is 2.01. The molecule has 0 saturated carbocycles. The minimum atomic E-state index is -0.429. The Bertz CT molecular complexity index is 880. The van der Waals surface area contributed by atoms with Crippen LogP contribution in [-0.2, 0) is 19.4 Å². The third-order valence-corrected chi connectivity index (χ3v) is 5.73. The van der Waals surface area contributed by atoms with Gasteiger partial charge in [0.2, 0.25) is 0 Å². The highest BCUT2D eigenvalue weighted by molar-refractivity contribution is 7.80. The Morgan fingerprint density at radius 3 is 3.00 bits per heavy atom. The molecule has 9 heteroatoms. The summed E-state index contributed by atoms with van der Waals surface area (Å²) < 4.78 is 1.50. The molecule has 1 aliphatic carbocycles. The van der Waals surface area contributed by atoms with Crippen LogP contribution in [0.1, 0.15) is 46.3 Å². The quantitative estimate of drug-likeness (QED) is 0.780. The zero-order chi connectivity index (χ0) is 18.0. The average molecular weight is 394 g/mol. The highest BCUT2D eigenvalue weighted by atomic mass is 35.5. The van der Waals surface area contributed by atoms with Gasteiger partial charge in [0.25, 0.3) is 5.91 Å². The molecule has 0 unspecified atom stereocenters. The van der Waals surface area contributed by atoms with Crippen molar-refractivity contribution in [1.29, 1.82) is 5.26 Å². The van der Waals surface area contributed by atoms with Gasteiger partial charge in [-0.05, 0) is 50.4 Å². The molecule has 1 aliphatic rings. The first-order valence-electron chi connectivity index (χ1n) is 7.93. The Morgan fingerprint density at radius 1 is 1.52 bits per heavy atom. The first-order valence-corrected chi connectivity index (χ1v) is 9.53. The van der Waals surface area contributed by atoms with Crippen LogP contribution in [0.15, 0.2) is 6.20 Å². The van der Waals surface area contributed by atoms with Crippen LogP contribution in [0.25, 0.3) is 0 Å². The first-order chi connectivity index (χ1) is 12.0. The molecule has 0 fully saturated rings. The number of aromatic nitrogens is 2. The van der Waals surface area contributed by atoms with Crippen LogP contribution in [-0.4, -0.2) is 20.8 Å². The van der Waals surface area contributed by atoms with Gasteiger partial charge in [-0.2, -0.15) is 10.4 Å². The normalized spacial score (nSPS) is 13.0. The monoisotopic (exact) mass is 393 g/mol. The molecule has 0 saturated heterocycles. The van der Waals surface area contributed by atoms with Crippen molar-refractivity contribution in [2.75, 3.05) is 5.32 Å². The molecular formula is C16H16ClN5OS2. The van der Waals surface area contributed by atoms with Crippen LogP contribution in [0.5, 0.6) is 0 Å². The van der Waals surface area contributed by atoms with Crippen LogP contribution in [0.2, 0.25) is 5.02 Å². The van der Waals surface area contributed by atoms with Crippen molar-refractivity contribution in [1.82, 2.24) is 15.1 Å². The number of rotatable bonds is 3. The van der Waals surface area contributed by atoms with E-state index in [1.165, 1.54) is 27.1 Å². The molecule has 2 aromatic rings. The fourth-order valence-electron chi connectivity index (χ4n) is 2.90. The van der Waals surface area contributed by atoms with Gasteiger partial charge < -0.3 is 5.32 Å². The van der Waals surface area contributed by atoms with E-state index < -0.39 is 5.91 Å². The molecule has 0 radical (unpaired) electrons. The molecule has 2 aromatic heterocycles. The van der Waals surface area contributed by atoms with Gasteiger partial charge in [0.15, 0.2) is 5.11 Å². The molecular weight excluding hydrogens is 378 g/mol. The van der Waals surface area contributed by atoms with Crippen molar-refractivity contribution in [3.63, 3.8) is 0 Å². The van der Waals surface area contributed by atoms with Gasteiger partial charge in [-0.15, -0.1) is 11.3 Å². The highest BCUT2D eigenvalue weighted by Crippen LogP contribution is 2.37. The van der Waals surface area contributed by atoms with E-state index in [1.54, 1.807) is 0 Å². The fraction of sp³-hybridized carbons (Fsp3) is 0.375. The predicted octanol–water partition coefficient (Wildman–Crippen LogP) is 3.50. The number of hydrogen-bond donors (Lipinski definition) is 2. The van der Waals surface area contributed by atoms with Crippen molar-refractivity contribution in [2.45, 2.75) is 39.2 Å². The van der Waals surface area contributed by atoms with E-state index in [2.05, 4.69) is 21.8 Å². The minimum Gasteiger partial charge on any atom is -0.323 e. The van der Waals surface area contributed by atoms with Gasteiger partial charge in [-0.25, -0.2) is 0 Å². The maximum Gasteiger partial charge on any atom is 0.277 e. The molecule has 0 spiro atoms. The summed E-state index contributed by atoms with van der Waals surface area (Å²) in [5, 5.41) is 20.2. The Morgan fingerprint density at radius 2 is 2.28 bits per heavy atom. The van der Waals surface area contributed by atoms with Crippen LogP contribution >= 0.6 is 35.2 Å². The van der Waals surface area contributed by atoms with Gasteiger partial charge in [0.1, 0.15) is 16.8 Å². The molecule has 6 nitrogen and oxygen atoms in total. The second-order valence-electron chi connectivity index (χ2n) is 5.59. The molecule has 3 rings (SSSR count). The van der Waals surface area contributed by atoms with Crippen molar-refractivity contribution < 1.29 is 4.79 Å². The lowest BCUT2D eigenvalue weighted by Gasteiger charge is -2.10. The zero-order valence-electron chi connectivity index (χ0n) is 13.6. The van der Waals surface area contributed by atoms with Crippen LogP contribution < -0.4 is 10.6 Å². The summed E-state index contributed by atoms with van der Waals surface area (Å²) in [6.45, 7) is 2.39. The predicted molar refractivity (Wildman–Crippen MR) is 102 cm³/mol. The average Bonchev–Trinajstić information content (AvgIpc) is 3.13. The third kappa shape index (κ3) is 3.54. The molecule has 1 amide bonds. The third-order valence-electron chi connectivity index (χ3n) is 4.05. The standard InChI is InChI=1S/C16H16ClN5OS2/c1-2-22-13(11(17)8-19-22)14(23)20-16(24)21-15-10(7-18)9-5-3-4-6-12(9)25-15/h8H,2-6H2,1H3,(H2,20,21,23,24). The summed E-state index contributed by atoms with van der Waals surface area (Å²) in [6, 6.07) is 2.26. The van der Waals surface area contributed by atoms with E-state index in [4.69, 9.17) is 23.8 Å². The number of fused-ring (bicyclic) bond motifs is 1. The Hall–Kier alpha value is -1.95. The van der Waals surface area contributed by atoms with E-state index in [1.807, 2.05) is 6.92 Å². The number of anilines is 1. The van der Waals surface area contributed by atoms with Crippen molar-refractivity contribution in [2.24, 2.45) is 0 Å². The lowest BCUT2D eigenvalue weighted by molar-refractivity contribution is 0.0967. The Kier molecular flexibility index (Phi) is 5.37. The maximum atomic E-state index is 12.4. The van der Waals surface area contributed by atoms with Gasteiger partial charge in [0, 0.05) is 11.4 Å². The number of nitrogens with one attached hydrogen (secondary N) is 2. The lowest BCUT2D eigenvalue weighted by atomic mass is 9.96. The topological polar surface area (TPSA) is 82.7 Å². The van der Waals surface area contributed by atoms with Crippen molar-refractivity contribution in [3.8, 4) is 6.07 Å². The molecule has 0 bridgehead atoms. The number of carbonyl (C=O) groups excluding carboxylic acids is 1. The number of thiophene rings is 1. The summed E-state index contributed by atoms with van der Waals surface area (Å²) >= 11 is 12.8. The van der Waals surface area contributed by atoms with Crippen LogP contribution in [0.3, 0.4) is 0 Å². The molecule has 2 heterocycles. The van der Waals surface area contributed by atoms with E-state index in [9.17, 15) is 10.1 Å². The first kappa shape index (κ1) is 17.9. The number of thiocarbonyl (C=S) groups is 1. The number of carbonyl (C=O) groups is 1. The number of nitriles is 1. The molecule has 0 aromatic carbocycles. The fourth-order valence-corrected chi connectivity index (χ4v) is 4.63. The second-order valence-corrected chi connectivity index (χ2v) is 7.51. The highest BCUT2D eigenvalue weighted by Gasteiger charge is 2.22. The SMILES string of the molecule is CCn1ncc(Cl)c1C(=O)NC(=S)Nc1sc2c(c1C#N)CCCC2. The molecule has 25 heavy (non-hydrogen) atoms. The molecule has 2 N–H and O–H groups in total. The van der Waals surface area contributed by atoms with E-state index in [0.29, 0.717) is 17.1 Å². The number of aryl methyl sites for hydroxylation is 2. The number of halogens is 1. The largest absolute Gasteiger partial charge is 0.323 e. The zero-order valence-corrected chi connectivity index (χ0v) is 15.9. The molecule has 0 atom stereocenters. The van der Waals surface area contributed by atoms with Gasteiger partial charge >= 0.3 is 0 Å². The summed E-state index contributed by atoms with van der Waals surface area (Å²) in [4.78, 5) is 13.6. The maximum absolute atomic E-state index is 12.4. The van der Waals surface area contributed by atoms with Gasteiger partial charge in [-0.3, -0.25) is 14.8 Å². The van der Waals surface area contributed by atoms with Crippen LogP contribution in [0, 0.1) is 11.3 Å². The van der Waals surface area contributed by atoms with E-state index >= 15 is 0 Å². The Balaban J connectivity index is 1.75. The summed E-state index contributed by atoms with van der Waals surface area (Å²) in [5.74, 6) is -0.429. The minimum absolute atomic E-state index is 0.139. The number of amides is 1. The number of hydrogen-bond acceptors (Lipinski definition) is 5. The smallest absolute Gasteiger partial charge is 0.277 e. The molecule has 130 valence electrons. The summed E-state index contributed by atoms with van der Waals surface area (Å²) in [7, 11) is 0. The summed E-state index contributed by atoms with van der Waals surface area (Å²) in [6.07, 6.45) is 5.57. The van der Waals surface area contributed by atoms with E-state index in [-0.39, 0.29) is 15.8 Å². The van der Waals surface area contributed by atoms with Crippen molar-refractivity contribution in [3.05, 3.63) is 32.9 Å². The van der Waals surface area contributed by atoms with Crippen LogP contribution in [0.4, 0.5) is 5.00 Å². The molecule has 0 aliphatic heterocycles. The number of nitrogens with zero attached hydrogens (tertiary/aromatic N) is 3. The van der Waals surface area contributed by atoms with E-state index in [0.717, 1.165) is 31.2 Å². The van der Waals surface area contributed by atoms with Gasteiger partial charge in [0.05, 0.1) is 16.8 Å². The Labute approximate surface area is 159 Å².